The lowest BCUT2D eigenvalue weighted by molar-refractivity contribution is 0.0956. The van der Waals surface area contributed by atoms with Crippen LogP contribution in [0, 0.1) is 0 Å². The molecule has 30 heavy (non-hydrogen) atoms. The molecule has 0 fully saturated rings. The molecule has 0 heterocycles. The molecule has 3 aromatic rings. The van der Waals surface area contributed by atoms with Gasteiger partial charge in [0, 0.05) is 10.7 Å². The van der Waals surface area contributed by atoms with Gasteiger partial charge in [-0.05, 0) is 47.5 Å². The van der Waals surface area contributed by atoms with Gasteiger partial charge in [-0.1, -0.05) is 47.5 Å². The zero-order valence-corrected chi connectivity index (χ0v) is 17.6. The van der Waals surface area contributed by atoms with E-state index < -0.39 is 5.91 Å². The van der Waals surface area contributed by atoms with E-state index in [1.807, 2.05) is 12.1 Å². The fraction of sp³-hybridized carbons (Fsp3) is 0.0909. The third-order valence-electron chi connectivity index (χ3n) is 4.13. The molecule has 0 radical (unpaired) electrons. The number of methoxy groups -OCH3 is 1. The van der Waals surface area contributed by atoms with Crippen LogP contribution in [0.2, 0.25) is 10.0 Å². The van der Waals surface area contributed by atoms with Crippen molar-refractivity contribution in [1.82, 2.24) is 5.43 Å². The molecule has 3 N–H and O–H groups in total. The quantitative estimate of drug-likeness (QED) is 0.308. The molecule has 0 saturated carbocycles. The van der Waals surface area contributed by atoms with Gasteiger partial charge in [0.1, 0.15) is 6.61 Å². The number of hydrogen-bond donors (Lipinski definition) is 2. The number of amides is 1. The second-order valence-corrected chi connectivity index (χ2v) is 7.08. The number of hydrogen-bond acceptors (Lipinski definition) is 5. The summed E-state index contributed by atoms with van der Waals surface area (Å²) in [7, 11) is 1.52. The SMILES string of the molecule is COc1cc(/C=N\NC(=O)c2ccccc2N)cc(Cl)c1OCc1ccc(Cl)cc1. The first-order chi connectivity index (χ1) is 14.5. The first-order valence-corrected chi connectivity index (χ1v) is 9.66. The second-order valence-electron chi connectivity index (χ2n) is 6.24. The number of carbonyl (C=O) groups excluding carboxylic acids is 1. The molecule has 0 spiro atoms. The van der Waals surface area contributed by atoms with Crippen molar-refractivity contribution >= 4 is 41.0 Å². The van der Waals surface area contributed by atoms with Crippen LogP contribution in [0.1, 0.15) is 21.5 Å². The van der Waals surface area contributed by atoms with Crippen LogP contribution in [0.4, 0.5) is 5.69 Å². The number of nitrogens with two attached hydrogens (primary N) is 1. The molecule has 154 valence electrons. The van der Waals surface area contributed by atoms with E-state index in [-0.39, 0.29) is 0 Å². The van der Waals surface area contributed by atoms with E-state index in [0.717, 1.165) is 5.56 Å². The van der Waals surface area contributed by atoms with E-state index in [1.54, 1.807) is 48.5 Å². The van der Waals surface area contributed by atoms with Crippen LogP contribution in [-0.2, 0) is 6.61 Å². The molecule has 3 aromatic carbocycles. The van der Waals surface area contributed by atoms with Crippen LogP contribution in [0.5, 0.6) is 11.5 Å². The number of benzene rings is 3. The van der Waals surface area contributed by atoms with Gasteiger partial charge in [0.2, 0.25) is 0 Å². The highest BCUT2D eigenvalue weighted by molar-refractivity contribution is 6.32. The monoisotopic (exact) mass is 443 g/mol. The van der Waals surface area contributed by atoms with E-state index in [9.17, 15) is 4.79 Å². The van der Waals surface area contributed by atoms with Crippen molar-refractivity contribution in [3.05, 3.63) is 87.4 Å². The van der Waals surface area contributed by atoms with Crippen LogP contribution < -0.4 is 20.6 Å². The van der Waals surface area contributed by atoms with Crippen molar-refractivity contribution in [3.8, 4) is 11.5 Å². The Kier molecular flexibility index (Phi) is 7.17. The van der Waals surface area contributed by atoms with Gasteiger partial charge in [0.05, 0.1) is 23.9 Å². The molecule has 0 saturated heterocycles. The molecule has 0 bridgehead atoms. The standard InChI is InChI=1S/C22H19Cl2N3O3/c1-29-20-11-15(12-26-27-22(28)17-4-2-3-5-19(17)25)10-18(24)21(20)30-13-14-6-8-16(23)9-7-14/h2-12H,13,25H2,1H3,(H,27,28)/b26-12-. The van der Waals surface area contributed by atoms with Gasteiger partial charge in [0.15, 0.2) is 11.5 Å². The molecule has 0 atom stereocenters. The number of rotatable bonds is 7. The average Bonchev–Trinajstić information content (AvgIpc) is 2.74. The molecule has 1 amide bonds. The van der Waals surface area contributed by atoms with Gasteiger partial charge in [-0.25, -0.2) is 5.43 Å². The minimum Gasteiger partial charge on any atom is -0.493 e. The summed E-state index contributed by atoms with van der Waals surface area (Å²) in [5.41, 5.74) is 10.5. The molecule has 8 heteroatoms. The highest BCUT2D eigenvalue weighted by Crippen LogP contribution is 2.36. The van der Waals surface area contributed by atoms with Gasteiger partial charge >= 0.3 is 0 Å². The molecular formula is C22H19Cl2N3O3. The number of nitrogens with one attached hydrogen (secondary N) is 1. The Hall–Kier alpha value is -3.22. The van der Waals surface area contributed by atoms with E-state index in [2.05, 4.69) is 10.5 Å². The first kappa shape index (κ1) is 21.5. The van der Waals surface area contributed by atoms with Crippen LogP contribution in [0.25, 0.3) is 0 Å². The third-order valence-corrected chi connectivity index (χ3v) is 4.67. The predicted octanol–water partition coefficient (Wildman–Crippen LogP) is 4.93. The predicted molar refractivity (Wildman–Crippen MR) is 120 cm³/mol. The van der Waals surface area contributed by atoms with E-state index >= 15 is 0 Å². The maximum atomic E-state index is 12.2. The zero-order chi connectivity index (χ0) is 21.5. The summed E-state index contributed by atoms with van der Waals surface area (Å²) in [6.45, 7) is 0.301. The molecule has 0 unspecified atom stereocenters. The van der Waals surface area contributed by atoms with Crippen molar-refractivity contribution in [2.45, 2.75) is 6.61 Å². The summed E-state index contributed by atoms with van der Waals surface area (Å²) in [4.78, 5) is 12.2. The van der Waals surface area contributed by atoms with Crippen molar-refractivity contribution in [2.24, 2.45) is 5.10 Å². The summed E-state index contributed by atoms with van der Waals surface area (Å²) in [6.07, 6.45) is 1.45. The number of carbonyl (C=O) groups is 1. The van der Waals surface area contributed by atoms with Gasteiger partial charge in [0.25, 0.3) is 5.91 Å². The number of nitrogens with zero attached hydrogens (tertiary/aromatic N) is 1. The Balaban J connectivity index is 1.70. The highest BCUT2D eigenvalue weighted by atomic mass is 35.5. The molecule has 3 rings (SSSR count). The normalized spacial score (nSPS) is 10.8. The maximum absolute atomic E-state index is 12.2. The minimum absolute atomic E-state index is 0.301. The first-order valence-electron chi connectivity index (χ1n) is 8.90. The van der Waals surface area contributed by atoms with Crippen LogP contribution >= 0.6 is 23.2 Å². The van der Waals surface area contributed by atoms with Crippen molar-refractivity contribution < 1.29 is 14.3 Å². The van der Waals surface area contributed by atoms with Gasteiger partial charge in [-0.15, -0.1) is 0 Å². The summed E-state index contributed by atoms with van der Waals surface area (Å²) in [5.74, 6) is 0.439. The maximum Gasteiger partial charge on any atom is 0.273 e. The summed E-state index contributed by atoms with van der Waals surface area (Å²) >= 11 is 12.3. The zero-order valence-electron chi connectivity index (χ0n) is 16.1. The summed E-state index contributed by atoms with van der Waals surface area (Å²) < 4.78 is 11.2. The van der Waals surface area contributed by atoms with Crippen LogP contribution in [0.15, 0.2) is 65.8 Å². The Morgan fingerprint density at radius 3 is 2.57 bits per heavy atom. The Morgan fingerprint density at radius 1 is 1.13 bits per heavy atom. The lowest BCUT2D eigenvalue weighted by Crippen LogP contribution is -2.19. The lowest BCUT2D eigenvalue weighted by atomic mass is 10.2. The van der Waals surface area contributed by atoms with Crippen LogP contribution in [-0.4, -0.2) is 19.2 Å². The number of ether oxygens (including phenoxy) is 2. The van der Waals surface area contributed by atoms with Crippen molar-refractivity contribution in [1.29, 1.82) is 0 Å². The number of hydrazone groups is 1. The molecular weight excluding hydrogens is 425 g/mol. The van der Waals surface area contributed by atoms with E-state index in [1.165, 1.54) is 13.3 Å². The third kappa shape index (κ3) is 5.43. The number of para-hydroxylation sites is 1. The van der Waals surface area contributed by atoms with E-state index in [0.29, 0.717) is 45.0 Å². The lowest BCUT2D eigenvalue weighted by Gasteiger charge is -2.13. The fourth-order valence-electron chi connectivity index (χ4n) is 2.62. The second kappa shape index (κ2) is 10.0. The number of anilines is 1. The number of nitrogen functional groups attached to an aromatic ring is 1. The van der Waals surface area contributed by atoms with Crippen LogP contribution in [0.3, 0.4) is 0 Å². The summed E-state index contributed by atoms with van der Waals surface area (Å²) in [6, 6.07) is 17.4. The van der Waals surface area contributed by atoms with Gasteiger partial charge in [-0.3, -0.25) is 4.79 Å². The fourth-order valence-corrected chi connectivity index (χ4v) is 3.02. The largest absolute Gasteiger partial charge is 0.493 e. The topological polar surface area (TPSA) is 85.9 Å². The Morgan fingerprint density at radius 2 is 1.87 bits per heavy atom. The molecule has 0 aliphatic carbocycles. The molecule has 0 aliphatic rings. The highest BCUT2D eigenvalue weighted by Gasteiger charge is 2.12. The number of halogens is 2. The Bertz CT molecular complexity index is 1070. The molecule has 0 aliphatic heterocycles. The van der Waals surface area contributed by atoms with Gasteiger partial charge in [-0.2, -0.15) is 5.10 Å². The Labute approximate surface area is 184 Å². The smallest absolute Gasteiger partial charge is 0.273 e. The summed E-state index contributed by atoms with van der Waals surface area (Å²) in [5, 5.41) is 4.96. The van der Waals surface area contributed by atoms with Gasteiger partial charge < -0.3 is 15.2 Å². The van der Waals surface area contributed by atoms with Crippen molar-refractivity contribution in [3.63, 3.8) is 0 Å². The molecule has 6 nitrogen and oxygen atoms in total. The van der Waals surface area contributed by atoms with Crippen molar-refractivity contribution in [2.75, 3.05) is 12.8 Å². The average molecular weight is 444 g/mol. The minimum atomic E-state index is -0.412. The molecule has 0 aromatic heterocycles. The van der Waals surface area contributed by atoms with E-state index in [4.69, 9.17) is 38.4 Å².